The van der Waals surface area contributed by atoms with Crippen molar-refractivity contribution in [3.63, 3.8) is 0 Å². The molecule has 0 aliphatic carbocycles. The molecule has 5 rings (SSSR count). The molecule has 0 saturated heterocycles. The number of benzene rings is 2. The lowest BCUT2D eigenvalue weighted by atomic mass is 9.82. The van der Waals surface area contributed by atoms with Crippen molar-refractivity contribution >= 4 is 21.7 Å². The fourth-order valence-corrected chi connectivity index (χ4v) is 4.38. The molecule has 0 amide bonds. The molecule has 0 aliphatic rings. The van der Waals surface area contributed by atoms with Crippen LogP contribution < -0.4 is 0 Å². The molecule has 0 fully saturated rings. The van der Waals surface area contributed by atoms with Crippen LogP contribution in [0.4, 0.5) is 0 Å². The van der Waals surface area contributed by atoms with Crippen molar-refractivity contribution < 1.29 is 4.42 Å². The molecule has 0 atom stereocenters. The lowest BCUT2D eigenvalue weighted by Gasteiger charge is -2.22. The van der Waals surface area contributed by atoms with Gasteiger partial charge < -0.3 is 4.42 Å². The summed E-state index contributed by atoms with van der Waals surface area (Å²) in [4.78, 5) is 13.7. The van der Waals surface area contributed by atoms with Crippen molar-refractivity contribution in [3.05, 3.63) is 78.4 Å². The van der Waals surface area contributed by atoms with E-state index in [1.807, 2.05) is 18.3 Å². The first kappa shape index (κ1) is 21.3. The van der Waals surface area contributed by atoms with Crippen LogP contribution in [0.15, 0.2) is 71.5 Å². The Morgan fingerprint density at radius 1 is 0.848 bits per heavy atom. The lowest BCUT2D eigenvalue weighted by molar-refractivity contribution is 0.596. The molecule has 4 heteroatoms. The van der Waals surface area contributed by atoms with Gasteiger partial charge >= 0.3 is 0 Å². The fraction of sp³-hybridized carbons (Fsp3) is 0.276. The average Bonchev–Trinajstić information content (AvgIpc) is 3.21. The SMILES string of the molecule is CC(C)Cc1cc2cc(-c3cc(-c4cc(C(C)(C)C)c5ccccc5c4)ncn3)oc2cn1. The molecule has 0 bridgehead atoms. The molecule has 33 heavy (non-hydrogen) atoms. The van der Waals surface area contributed by atoms with Gasteiger partial charge in [-0.25, -0.2) is 9.97 Å². The monoisotopic (exact) mass is 435 g/mol. The molecule has 3 heterocycles. The van der Waals surface area contributed by atoms with Crippen molar-refractivity contribution in [3.8, 4) is 22.7 Å². The van der Waals surface area contributed by atoms with Gasteiger partial charge in [0.2, 0.25) is 0 Å². The van der Waals surface area contributed by atoms with Gasteiger partial charge in [0.25, 0.3) is 0 Å². The molecule has 0 spiro atoms. The first-order chi connectivity index (χ1) is 15.8. The highest BCUT2D eigenvalue weighted by molar-refractivity contribution is 5.91. The molecule has 3 aromatic heterocycles. The molecule has 166 valence electrons. The van der Waals surface area contributed by atoms with Crippen LogP contribution in [0.2, 0.25) is 0 Å². The van der Waals surface area contributed by atoms with E-state index in [-0.39, 0.29) is 5.41 Å². The van der Waals surface area contributed by atoms with E-state index in [1.54, 1.807) is 6.33 Å². The number of rotatable bonds is 4. The average molecular weight is 436 g/mol. The van der Waals surface area contributed by atoms with Gasteiger partial charge in [-0.2, -0.15) is 0 Å². The fourth-order valence-electron chi connectivity index (χ4n) is 4.38. The number of pyridine rings is 1. The Kier molecular flexibility index (Phi) is 5.24. The highest BCUT2D eigenvalue weighted by Crippen LogP contribution is 2.35. The van der Waals surface area contributed by atoms with E-state index in [1.165, 1.54) is 16.3 Å². The Bertz CT molecular complexity index is 1460. The molecular weight excluding hydrogens is 406 g/mol. The maximum Gasteiger partial charge on any atom is 0.154 e. The summed E-state index contributed by atoms with van der Waals surface area (Å²) >= 11 is 0. The number of hydrogen-bond acceptors (Lipinski definition) is 4. The summed E-state index contributed by atoms with van der Waals surface area (Å²) in [5.74, 6) is 1.29. The zero-order valence-electron chi connectivity index (χ0n) is 19.9. The van der Waals surface area contributed by atoms with Gasteiger partial charge in [0.1, 0.15) is 12.0 Å². The van der Waals surface area contributed by atoms with Crippen LogP contribution in [0.1, 0.15) is 45.9 Å². The predicted octanol–water partition coefficient (Wildman–Crippen LogP) is 7.60. The maximum absolute atomic E-state index is 6.10. The van der Waals surface area contributed by atoms with Gasteiger partial charge in [0.15, 0.2) is 11.3 Å². The van der Waals surface area contributed by atoms with Crippen molar-refractivity contribution in [2.75, 3.05) is 0 Å². The van der Waals surface area contributed by atoms with Crippen LogP contribution in [0.25, 0.3) is 44.5 Å². The van der Waals surface area contributed by atoms with E-state index < -0.39 is 0 Å². The molecular formula is C29H29N3O. The second kappa shape index (κ2) is 8.11. The first-order valence-electron chi connectivity index (χ1n) is 11.5. The largest absolute Gasteiger partial charge is 0.453 e. The van der Waals surface area contributed by atoms with E-state index in [9.17, 15) is 0 Å². The minimum absolute atomic E-state index is 0.0188. The number of hydrogen-bond donors (Lipinski definition) is 0. The molecule has 5 aromatic rings. The Morgan fingerprint density at radius 3 is 2.42 bits per heavy atom. The summed E-state index contributed by atoms with van der Waals surface area (Å²) in [7, 11) is 0. The summed E-state index contributed by atoms with van der Waals surface area (Å²) in [6, 6.07) is 19.2. The van der Waals surface area contributed by atoms with Crippen LogP contribution in [0, 0.1) is 5.92 Å². The second-order valence-corrected chi connectivity index (χ2v) is 10.2. The summed E-state index contributed by atoms with van der Waals surface area (Å²) in [6.45, 7) is 11.2. The lowest BCUT2D eigenvalue weighted by Crippen LogP contribution is -2.12. The van der Waals surface area contributed by atoms with Crippen LogP contribution in [-0.2, 0) is 11.8 Å². The van der Waals surface area contributed by atoms with Crippen LogP contribution in [-0.4, -0.2) is 15.0 Å². The third-order valence-electron chi connectivity index (χ3n) is 5.96. The minimum atomic E-state index is 0.0188. The topological polar surface area (TPSA) is 51.8 Å². The van der Waals surface area contributed by atoms with Crippen molar-refractivity contribution in [1.29, 1.82) is 0 Å². The van der Waals surface area contributed by atoms with Crippen LogP contribution in [0.3, 0.4) is 0 Å². The van der Waals surface area contributed by atoms with Gasteiger partial charge in [-0.15, -0.1) is 0 Å². The summed E-state index contributed by atoms with van der Waals surface area (Å²) in [5, 5.41) is 3.55. The standard InChI is InChI=1S/C29H29N3O/c1-18(2)10-22-12-21-14-27(33-28(21)16-30-22)26-15-25(31-17-32-26)20-11-19-8-6-7-9-23(19)24(13-20)29(3,4)5/h6-9,11-18H,10H2,1-5H3. The molecule has 0 aliphatic heterocycles. The molecule has 0 unspecified atom stereocenters. The number of nitrogens with zero attached hydrogens (tertiary/aromatic N) is 3. The Hall–Kier alpha value is -3.53. The highest BCUT2D eigenvalue weighted by Gasteiger charge is 2.19. The molecule has 0 radical (unpaired) electrons. The molecule has 2 aromatic carbocycles. The quantitative estimate of drug-likeness (QED) is 0.292. The number of aromatic nitrogens is 3. The highest BCUT2D eigenvalue weighted by atomic mass is 16.3. The maximum atomic E-state index is 6.10. The van der Waals surface area contributed by atoms with E-state index in [0.29, 0.717) is 5.92 Å². The van der Waals surface area contributed by atoms with Gasteiger partial charge in [-0.05, 0) is 64.4 Å². The van der Waals surface area contributed by atoms with E-state index in [4.69, 9.17) is 4.42 Å². The first-order valence-corrected chi connectivity index (χ1v) is 11.5. The Morgan fingerprint density at radius 2 is 1.64 bits per heavy atom. The molecule has 4 nitrogen and oxygen atoms in total. The summed E-state index contributed by atoms with van der Waals surface area (Å²) in [6.07, 6.45) is 4.38. The predicted molar refractivity (Wildman–Crippen MR) is 135 cm³/mol. The number of fused-ring (bicyclic) bond motifs is 2. The smallest absolute Gasteiger partial charge is 0.154 e. The van der Waals surface area contributed by atoms with E-state index in [2.05, 4.69) is 92.0 Å². The summed E-state index contributed by atoms with van der Waals surface area (Å²) in [5.41, 5.74) is 5.92. The van der Waals surface area contributed by atoms with Crippen LogP contribution in [0.5, 0.6) is 0 Å². The Balaban J connectivity index is 1.58. The van der Waals surface area contributed by atoms with E-state index >= 15 is 0 Å². The minimum Gasteiger partial charge on any atom is -0.453 e. The third-order valence-corrected chi connectivity index (χ3v) is 5.96. The van der Waals surface area contributed by atoms with E-state index in [0.717, 1.165) is 45.8 Å². The second-order valence-electron chi connectivity index (χ2n) is 10.2. The van der Waals surface area contributed by atoms with Crippen molar-refractivity contribution in [2.24, 2.45) is 5.92 Å². The molecule has 0 saturated carbocycles. The summed E-state index contributed by atoms with van der Waals surface area (Å²) < 4.78 is 6.10. The molecule has 0 N–H and O–H groups in total. The van der Waals surface area contributed by atoms with Gasteiger partial charge in [0, 0.05) is 16.6 Å². The van der Waals surface area contributed by atoms with Gasteiger partial charge in [-0.1, -0.05) is 58.9 Å². The number of furan rings is 1. The Labute approximate surface area is 194 Å². The van der Waals surface area contributed by atoms with Gasteiger partial charge in [-0.3, -0.25) is 4.98 Å². The zero-order chi connectivity index (χ0) is 23.2. The normalized spacial score (nSPS) is 12.2. The third kappa shape index (κ3) is 4.25. The van der Waals surface area contributed by atoms with Gasteiger partial charge in [0.05, 0.1) is 11.9 Å². The van der Waals surface area contributed by atoms with Crippen molar-refractivity contribution in [2.45, 2.75) is 46.5 Å². The van der Waals surface area contributed by atoms with Crippen LogP contribution >= 0.6 is 0 Å². The zero-order valence-corrected chi connectivity index (χ0v) is 19.9. The van der Waals surface area contributed by atoms with Crippen molar-refractivity contribution in [1.82, 2.24) is 15.0 Å².